The van der Waals surface area contributed by atoms with E-state index in [1.165, 1.54) is 19.3 Å². The van der Waals surface area contributed by atoms with Crippen LogP contribution in [0, 0.1) is 11.8 Å². The van der Waals surface area contributed by atoms with Gasteiger partial charge in [-0.2, -0.15) is 0 Å². The zero-order valence-corrected chi connectivity index (χ0v) is 11.5. The van der Waals surface area contributed by atoms with E-state index in [-0.39, 0.29) is 12.5 Å². The van der Waals surface area contributed by atoms with Gasteiger partial charge in [0.25, 0.3) is 5.91 Å². The fourth-order valence-corrected chi connectivity index (χ4v) is 3.56. The summed E-state index contributed by atoms with van der Waals surface area (Å²) in [5, 5.41) is 3.71. The van der Waals surface area contributed by atoms with Crippen molar-refractivity contribution in [3.63, 3.8) is 0 Å². The third-order valence-electron chi connectivity index (χ3n) is 4.25. The summed E-state index contributed by atoms with van der Waals surface area (Å²) in [4.78, 5) is 11.9. The molecule has 0 saturated heterocycles. The molecule has 102 valence electrons. The van der Waals surface area contributed by atoms with Gasteiger partial charge in [-0.05, 0) is 49.3 Å². The molecule has 2 bridgehead atoms. The van der Waals surface area contributed by atoms with E-state index >= 15 is 0 Å². The number of amides is 1. The summed E-state index contributed by atoms with van der Waals surface area (Å²) in [6.45, 7) is 0.0637. The van der Waals surface area contributed by atoms with Crippen molar-refractivity contribution in [2.45, 2.75) is 31.7 Å². The molecule has 1 aromatic rings. The van der Waals surface area contributed by atoms with Crippen LogP contribution in [-0.2, 0) is 4.79 Å². The van der Waals surface area contributed by atoms with Gasteiger partial charge in [0, 0.05) is 11.1 Å². The van der Waals surface area contributed by atoms with Gasteiger partial charge in [0.1, 0.15) is 5.75 Å². The lowest BCUT2D eigenvalue weighted by atomic mass is 9.95. The van der Waals surface area contributed by atoms with Gasteiger partial charge in [-0.3, -0.25) is 4.79 Å². The van der Waals surface area contributed by atoms with Gasteiger partial charge in [-0.25, -0.2) is 0 Å². The summed E-state index contributed by atoms with van der Waals surface area (Å²) in [5.74, 6) is 2.14. The highest BCUT2D eigenvalue weighted by molar-refractivity contribution is 6.30. The fourth-order valence-electron chi connectivity index (χ4n) is 3.38. The first kappa shape index (κ1) is 12.8. The Labute approximate surface area is 118 Å². The maximum Gasteiger partial charge on any atom is 0.258 e. The van der Waals surface area contributed by atoms with Crippen LogP contribution in [-0.4, -0.2) is 18.6 Å². The zero-order valence-electron chi connectivity index (χ0n) is 10.8. The van der Waals surface area contributed by atoms with E-state index in [1.54, 1.807) is 18.2 Å². The van der Waals surface area contributed by atoms with Crippen LogP contribution in [0.4, 0.5) is 0 Å². The van der Waals surface area contributed by atoms with Crippen molar-refractivity contribution < 1.29 is 9.53 Å². The van der Waals surface area contributed by atoms with Crippen LogP contribution in [0.3, 0.4) is 0 Å². The van der Waals surface area contributed by atoms with Crippen LogP contribution in [0.5, 0.6) is 5.75 Å². The summed E-state index contributed by atoms with van der Waals surface area (Å²) in [5.41, 5.74) is 0. The third-order valence-corrected chi connectivity index (χ3v) is 4.49. The second-order valence-corrected chi connectivity index (χ2v) is 6.03. The highest BCUT2D eigenvalue weighted by Crippen LogP contribution is 2.44. The molecular weight excluding hydrogens is 262 g/mol. The number of fused-ring (bicyclic) bond motifs is 2. The highest BCUT2D eigenvalue weighted by Gasteiger charge is 2.40. The molecule has 2 saturated carbocycles. The summed E-state index contributed by atoms with van der Waals surface area (Å²) in [6, 6.07) is 7.48. The van der Waals surface area contributed by atoms with Gasteiger partial charge in [-0.1, -0.05) is 24.1 Å². The molecule has 2 aliphatic rings. The average molecular weight is 280 g/mol. The minimum absolute atomic E-state index is 0.0301. The third kappa shape index (κ3) is 3.03. The molecule has 2 fully saturated rings. The van der Waals surface area contributed by atoms with Gasteiger partial charge in [0.15, 0.2) is 6.61 Å². The molecule has 0 aliphatic heterocycles. The van der Waals surface area contributed by atoms with Gasteiger partial charge in [0.2, 0.25) is 0 Å². The SMILES string of the molecule is O=C(COc1cccc(Cl)c1)N[C@@H]1C[C@@H]2CC[C@@H]1C2. The lowest BCUT2D eigenvalue weighted by Crippen LogP contribution is -2.40. The molecule has 1 N–H and O–H groups in total. The highest BCUT2D eigenvalue weighted by atomic mass is 35.5. The Balaban J connectivity index is 1.47. The molecule has 4 heteroatoms. The molecule has 0 aromatic heterocycles. The normalized spacial score (nSPS) is 28.4. The number of carbonyl (C=O) groups excluding carboxylic acids is 1. The standard InChI is InChI=1S/C15H18ClNO2/c16-12-2-1-3-13(8-12)19-9-15(18)17-14-7-10-4-5-11(14)6-10/h1-3,8,10-11,14H,4-7,9H2,(H,17,18)/t10-,11-,14-/m1/s1. The van der Waals surface area contributed by atoms with Crippen LogP contribution in [0.15, 0.2) is 24.3 Å². The smallest absolute Gasteiger partial charge is 0.258 e. The molecule has 1 aromatic carbocycles. The summed E-state index contributed by atoms with van der Waals surface area (Å²) in [7, 11) is 0. The Morgan fingerprint density at radius 1 is 1.37 bits per heavy atom. The molecular formula is C15H18ClNO2. The Hall–Kier alpha value is -1.22. The molecule has 2 aliphatic carbocycles. The number of carbonyl (C=O) groups is 1. The molecule has 3 rings (SSSR count). The quantitative estimate of drug-likeness (QED) is 0.920. The first-order valence-corrected chi connectivity index (χ1v) is 7.26. The average Bonchev–Trinajstić information content (AvgIpc) is 2.99. The second-order valence-electron chi connectivity index (χ2n) is 5.59. The van der Waals surface area contributed by atoms with E-state index in [2.05, 4.69) is 5.32 Å². The number of rotatable bonds is 4. The van der Waals surface area contributed by atoms with Gasteiger partial charge < -0.3 is 10.1 Å². The topological polar surface area (TPSA) is 38.3 Å². The van der Waals surface area contributed by atoms with E-state index in [9.17, 15) is 4.79 Å². The Kier molecular flexibility index (Phi) is 3.65. The maximum absolute atomic E-state index is 11.9. The van der Waals surface area contributed by atoms with E-state index in [0.717, 1.165) is 12.3 Å². The second kappa shape index (κ2) is 5.41. The van der Waals surface area contributed by atoms with Crippen LogP contribution in [0.25, 0.3) is 0 Å². The molecule has 1 amide bonds. The first-order valence-electron chi connectivity index (χ1n) is 6.88. The summed E-state index contributed by atoms with van der Waals surface area (Å²) in [6.07, 6.45) is 5.05. The Morgan fingerprint density at radius 3 is 2.95 bits per heavy atom. The molecule has 3 atom stereocenters. The monoisotopic (exact) mass is 279 g/mol. The van der Waals surface area contributed by atoms with Gasteiger partial charge in [-0.15, -0.1) is 0 Å². The number of hydrogen-bond donors (Lipinski definition) is 1. The molecule has 0 unspecified atom stereocenters. The van der Waals surface area contributed by atoms with Gasteiger partial charge >= 0.3 is 0 Å². The van der Waals surface area contributed by atoms with Crippen LogP contribution >= 0.6 is 11.6 Å². The fraction of sp³-hybridized carbons (Fsp3) is 0.533. The van der Waals surface area contributed by atoms with Crippen molar-refractivity contribution in [3.05, 3.63) is 29.3 Å². The Bertz CT molecular complexity index is 477. The van der Waals surface area contributed by atoms with Crippen molar-refractivity contribution in [1.29, 1.82) is 0 Å². The zero-order chi connectivity index (χ0) is 13.2. The van der Waals surface area contributed by atoms with Crippen molar-refractivity contribution in [3.8, 4) is 5.75 Å². The van der Waals surface area contributed by atoms with Crippen LogP contribution in [0.2, 0.25) is 5.02 Å². The number of hydrogen-bond acceptors (Lipinski definition) is 2. The summed E-state index contributed by atoms with van der Waals surface area (Å²) >= 11 is 5.86. The lowest BCUT2D eigenvalue weighted by molar-refractivity contribution is -0.124. The number of halogens is 1. The minimum Gasteiger partial charge on any atom is -0.484 e. The summed E-state index contributed by atoms with van der Waals surface area (Å²) < 4.78 is 5.44. The van der Waals surface area contributed by atoms with E-state index in [0.29, 0.717) is 22.7 Å². The first-order chi connectivity index (χ1) is 9.20. The number of benzene rings is 1. The van der Waals surface area contributed by atoms with Crippen molar-refractivity contribution >= 4 is 17.5 Å². The predicted molar refractivity (Wildman–Crippen MR) is 74.3 cm³/mol. The van der Waals surface area contributed by atoms with Gasteiger partial charge in [0.05, 0.1) is 0 Å². The molecule has 0 radical (unpaired) electrons. The number of ether oxygens (including phenoxy) is 1. The predicted octanol–water partition coefficient (Wildman–Crippen LogP) is 3.02. The van der Waals surface area contributed by atoms with Crippen LogP contribution in [0.1, 0.15) is 25.7 Å². The van der Waals surface area contributed by atoms with Crippen LogP contribution < -0.4 is 10.1 Å². The van der Waals surface area contributed by atoms with E-state index in [4.69, 9.17) is 16.3 Å². The van der Waals surface area contributed by atoms with Crippen molar-refractivity contribution in [2.75, 3.05) is 6.61 Å². The minimum atomic E-state index is -0.0301. The Morgan fingerprint density at radius 2 is 2.26 bits per heavy atom. The van der Waals surface area contributed by atoms with Crippen molar-refractivity contribution in [1.82, 2.24) is 5.32 Å². The molecule has 0 spiro atoms. The lowest BCUT2D eigenvalue weighted by Gasteiger charge is -2.22. The van der Waals surface area contributed by atoms with E-state index in [1.807, 2.05) is 6.07 Å². The maximum atomic E-state index is 11.9. The number of nitrogens with one attached hydrogen (secondary N) is 1. The molecule has 19 heavy (non-hydrogen) atoms. The molecule has 3 nitrogen and oxygen atoms in total. The van der Waals surface area contributed by atoms with Crippen molar-refractivity contribution in [2.24, 2.45) is 11.8 Å². The largest absolute Gasteiger partial charge is 0.484 e. The van der Waals surface area contributed by atoms with E-state index < -0.39 is 0 Å². The molecule has 0 heterocycles.